The van der Waals surface area contributed by atoms with Crippen LogP contribution >= 0.6 is 11.8 Å². The van der Waals surface area contributed by atoms with Gasteiger partial charge in [-0.2, -0.15) is 15.0 Å². The number of hydrogen-bond acceptors (Lipinski definition) is 6. The molecule has 0 saturated carbocycles. The zero-order chi connectivity index (χ0) is 15.2. The van der Waals surface area contributed by atoms with Gasteiger partial charge < -0.3 is 11.1 Å². The number of nitrogen functional groups attached to an aromatic ring is 1. The van der Waals surface area contributed by atoms with Crippen molar-refractivity contribution in [2.24, 2.45) is 0 Å². The van der Waals surface area contributed by atoms with Crippen LogP contribution < -0.4 is 11.1 Å². The molecule has 0 aliphatic rings. The summed E-state index contributed by atoms with van der Waals surface area (Å²) in [6.45, 7) is 7.95. The Hall–Kier alpha value is -2.08. The standard InChI is InChI=1S/C15H19N5S/c1-10(2)9-21-11(3)13-18-14(16)20-15(19-13)17-12-7-5-4-6-8-12/h4-8,11H,1,9H2,2-3H3,(H3,16,17,18,19,20)/t11-/m1/s1. The van der Waals surface area contributed by atoms with Crippen LogP contribution in [-0.4, -0.2) is 20.7 Å². The molecule has 1 aromatic carbocycles. The quantitative estimate of drug-likeness (QED) is 0.794. The molecule has 6 heteroatoms. The van der Waals surface area contributed by atoms with Crippen molar-refractivity contribution in [3.8, 4) is 0 Å². The number of rotatable bonds is 6. The molecule has 1 atom stereocenters. The lowest BCUT2D eigenvalue weighted by Gasteiger charge is -2.12. The maximum Gasteiger partial charge on any atom is 0.232 e. The fourth-order valence-electron chi connectivity index (χ4n) is 1.64. The van der Waals surface area contributed by atoms with E-state index in [1.165, 1.54) is 0 Å². The number of aromatic nitrogens is 3. The van der Waals surface area contributed by atoms with Gasteiger partial charge in [-0.1, -0.05) is 30.4 Å². The van der Waals surface area contributed by atoms with Crippen molar-refractivity contribution in [3.05, 3.63) is 48.3 Å². The van der Waals surface area contributed by atoms with Crippen molar-refractivity contribution in [2.45, 2.75) is 19.1 Å². The third-order valence-electron chi connectivity index (χ3n) is 2.64. The van der Waals surface area contributed by atoms with Crippen LogP contribution in [0.2, 0.25) is 0 Å². The highest BCUT2D eigenvalue weighted by atomic mass is 32.2. The first-order chi connectivity index (χ1) is 10.0. The van der Waals surface area contributed by atoms with E-state index < -0.39 is 0 Å². The predicted molar refractivity (Wildman–Crippen MR) is 89.7 cm³/mol. The van der Waals surface area contributed by atoms with Crippen molar-refractivity contribution < 1.29 is 0 Å². The molecule has 0 spiro atoms. The summed E-state index contributed by atoms with van der Waals surface area (Å²) in [4.78, 5) is 12.8. The summed E-state index contributed by atoms with van der Waals surface area (Å²) < 4.78 is 0. The van der Waals surface area contributed by atoms with Gasteiger partial charge in [0.05, 0.1) is 5.25 Å². The van der Waals surface area contributed by atoms with Gasteiger partial charge in [-0.3, -0.25) is 0 Å². The molecule has 0 radical (unpaired) electrons. The summed E-state index contributed by atoms with van der Waals surface area (Å²) in [7, 11) is 0. The maximum absolute atomic E-state index is 5.78. The molecule has 2 rings (SSSR count). The maximum atomic E-state index is 5.78. The van der Waals surface area contributed by atoms with Crippen LogP contribution in [0, 0.1) is 0 Å². The molecule has 1 aromatic heterocycles. The Morgan fingerprint density at radius 1 is 1.29 bits per heavy atom. The van der Waals surface area contributed by atoms with Crippen LogP contribution in [0.4, 0.5) is 17.6 Å². The topological polar surface area (TPSA) is 76.7 Å². The summed E-state index contributed by atoms with van der Waals surface area (Å²) in [5, 5.41) is 3.26. The van der Waals surface area contributed by atoms with E-state index in [4.69, 9.17) is 5.73 Å². The van der Waals surface area contributed by atoms with Crippen LogP contribution in [-0.2, 0) is 0 Å². The summed E-state index contributed by atoms with van der Waals surface area (Å²) in [6, 6.07) is 9.73. The highest BCUT2D eigenvalue weighted by molar-refractivity contribution is 7.99. The first kappa shape index (κ1) is 15.3. The smallest absolute Gasteiger partial charge is 0.232 e. The number of nitrogens with two attached hydrogens (primary N) is 1. The Morgan fingerprint density at radius 2 is 2.00 bits per heavy atom. The Morgan fingerprint density at radius 3 is 2.67 bits per heavy atom. The lowest BCUT2D eigenvalue weighted by Crippen LogP contribution is -2.08. The molecular formula is C15H19N5S. The summed E-state index contributed by atoms with van der Waals surface area (Å²) in [5.41, 5.74) is 7.81. The van der Waals surface area contributed by atoms with E-state index in [1.54, 1.807) is 11.8 Å². The number of benzene rings is 1. The van der Waals surface area contributed by atoms with E-state index in [0.29, 0.717) is 11.8 Å². The molecule has 1 heterocycles. The SMILES string of the molecule is C=C(C)CS[C@H](C)c1nc(N)nc(Nc2ccccc2)n1. The fraction of sp³-hybridized carbons (Fsp3) is 0.267. The van der Waals surface area contributed by atoms with Crippen LogP contribution in [0.15, 0.2) is 42.5 Å². The molecule has 0 aliphatic heterocycles. The number of thioether (sulfide) groups is 1. The Balaban J connectivity index is 2.15. The predicted octanol–water partition coefficient (Wildman–Crippen LogP) is 3.57. The Kier molecular flexibility index (Phi) is 5.16. The largest absolute Gasteiger partial charge is 0.368 e. The molecule has 2 aromatic rings. The van der Waals surface area contributed by atoms with Gasteiger partial charge in [-0.25, -0.2) is 0 Å². The number of hydrogen-bond donors (Lipinski definition) is 2. The van der Waals surface area contributed by atoms with Crippen LogP contribution in [0.5, 0.6) is 0 Å². The second-order valence-electron chi connectivity index (χ2n) is 4.78. The van der Waals surface area contributed by atoms with Gasteiger partial charge in [0, 0.05) is 11.4 Å². The Bertz CT molecular complexity index is 615. The van der Waals surface area contributed by atoms with Crippen LogP contribution in [0.25, 0.3) is 0 Å². The summed E-state index contributed by atoms with van der Waals surface area (Å²) >= 11 is 1.73. The van der Waals surface area contributed by atoms with E-state index in [-0.39, 0.29) is 11.2 Å². The summed E-state index contributed by atoms with van der Waals surface area (Å²) in [6.07, 6.45) is 0. The highest BCUT2D eigenvalue weighted by Crippen LogP contribution is 2.27. The molecule has 0 aliphatic carbocycles. The third-order valence-corrected chi connectivity index (χ3v) is 4.01. The van der Waals surface area contributed by atoms with Gasteiger partial charge in [0.15, 0.2) is 0 Å². The third kappa shape index (κ3) is 4.75. The lowest BCUT2D eigenvalue weighted by atomic mass is 10.3. The van der Waals surface area contributed by atoms with Gasteiger partial charge in [-0.15, -0.1) is 11.8 Å². The van der Waals surface area contributed by atoms with Gasteiger partial charge in [0.25, 0.3) is 0 Å². The molecule has 0 unspecified atom stereocenters. The first-order valence-corrected chi connectivity index (χ1v) is 7.69. The van der Waals surface area contributed by atoms with Gasteiger partial charge in [0.1, 0.15) is 5.82 Å². The van der Waals surface area contributed by atoms with E-state index in [1.807, 2.05) is 37.3 Å². The van der Waals surface area contributed by atoms with Crippen molar-refractivity contribution in [1.82, 2.24) is 15.0 Å². The molecule has 3 N–H and O–H groups in total. The fourth-order valence-corrected chi connectivity index (χ4v) is 2.43. The number of para-hydroxylation sites is 1. The number of nitrogens with one attached hydrogen (secondary N) is 1. The zero-order valence-electron chi connectivity index (χ0n) is 12.2. The monoisotopic (exact) mass is 301 g/mol. The molecule has 0 amide bonds. The van der Waals surface area contributed by atoms with Crippen LogP contribution in [0.1, 0.15) is 24.9 Å². The molecule has 0 bridgehead atoms. The second-order valence-corrected chi connectivity index (χ2v) is 6.11. The molecule has 21 heavy (non-hydrogen) atoms. The number of anilines is 3. The van der Waals surface area contributed by atoms with Crippen LogP contribution in [0.3, 0.4) is 0 Å². The highest BCUT2D eigenvalue weighted by Gasteiger charge is 2.12. The minimum Gasteiger partial charge on any atom is -0.368 e. The molecule has 5 nitrogen and oxygen atoms in total. The van der Waals surface area contributed by atoms with Gasteiger partial charge in [0.2, 0.25) is 11.9 Å². The molecule has 0 fully saturated rings. The second kappa shape index (κ2) is 7.08. The first-order valence-electron chi connectivity index (χ1n) is 6.64. The Labute approximate surface area is 129 Å². The number of nitrogens with zero attached hydrogens (tertiary/aromatic N) is 3. The van der Waals surface area contributed by atoms with E-state index in [9.17, 15) is 0 Å². The molecule has 0 saturated heterocycles. The van der Waals surface area contributed by atoms with E-state index in [2.05, 4.69) is 33.8 Å². The minimum absolute atomic E-state index is 0.128. The van der Waals surface area contributed by atoms with E-state index >= 15 is 0 Å². The molecular weight excluding hydrogens is 282 g/mol. The normalized spacial score (nSPS) is 11.9. The average Bonchev–Trinajstić information content (AvgIpc) is 2.45. The summed E-state index contributed by atoms with van der Waals surface area (Å²) in [5.74, 6) is 2.23. The zero-order valence-corrected chi connectivity index (χ0v) is 13.0. The lowest BCUT2D eigenvalue weighted by molar-refractivity contribution is 0.897. The molecule has 110 valence electrons. The minimum atomic E-state index is 0.128. The van der Waals surface area contributed by atoms with Crippen molar-refractivity contribution >= 4 is 29.3 Å². The van der Waals surface area contributed by atoms with Crippen molar-refractivity contribution in [1.29, 1.82) is 0 Å². The van der Waals surface area contributed by atoms with E-state index in [0.717, 1.165) is 17.0 Å². The van der Waals surface area contributed by atoms with Gasteiger partial charge in [-0.05, 0) is 26.0 Å². The average molecular weight is 301 g/mol. The van der Waals surface area contributed by atoms with Gasteiger partial charge >= 0.3 is 0 Å². The van der Waals surface area contributed by atoms with Crippen molar-refractivity contribution in [3.63, 3.8) is 0 Å². The van der Waals surface area contributed by atoms with Crippen molar-refractivity contribution in [2.75, 3.05) is 16.8 Å².